The van der Waals surface area contributed by atoms with Crippen molar-refractivity contribution in [3.8, 4) is 0 Å². The third-order valence-corrected chi connectivity index (χ3v) is 13.2. The zero-order chi connectivity index (χ0) is 48.0. The van der Waals surface area contributed by atoms with E-state index in [0.717, 1.165) is 31.2 Å². The number of hydrogen-bond acceptors (Lipinski definition) is 5. The van der Waals surface area contributed by atoms with E-state index in [2.05, 4.69) is 31.3 Å². The number of pyridine rings is 2. The lowest BCUT2D eigenvalue weighted by atomic mass is 9.80. The molecule has 0 aliphatic carbocycles. The maximum Gasteiger partial charge on any atom is 0.337 e. The van der Waals surface area contributed by atoms with Gasteiger partial charge in [0.1, 0.15) is 13.2 Å². The lowest BCUT2D eigenvalue weighted by molar-refractivity contribution is -0.692. The van der Waals surface area contributed by atoms with Gasteiger partial charge in [-0.05, 0) is 31.2 Å². The number of carbonyl (C=O) groups excluding carboxylic acids is 2. The molecule has 0 unspecified atom stereocenters. The predicted octanol–water partition coefficient (Wildman–Crippen LogP) is 9.03. The Morgan fingerprint density at radius 3 is 1.10 bits per heavy atom. The van der Waals surface area contributed by atoms with Crippen LogP contribution in [0.25, 0.3) is 0 Å². The molecule has 0 saturated heterocycles. The van der Waals surface area contributed by atoms with E-state index in [9.17, 15) is 9.59 Å². The van der Waals surface area contributed by atoms with E-state index in [1.807, 2.05) is 113 Å². The molecule has 0 radical (unpaired) electrons. The number of benzene rings is 1. The summed E-state index contributed by atoms with van der Waals surface area (Å²) in [5, 5.41) is 3.61. The van der Waals surface area contributed by atoms with E-state index in [1.54, 1.807) is 0 Å². The van der Waals surface area contributed by atoms with Crippen LogP contribution in [0.4, 0.5) is 0 Å². The number of nitrogens with zero attached hydrogens (tertiary/aromatic N) is 2. The van der Waals surface area contributed by atoms with Gasteiger partial charge in [0, 0.05) is 24.3 Å². The monoisotopic (exact) mass is 1090 g/mol. The molecule has 1 aliphatic heterocycles. The molecule has 70 heavy (non-hydrogen) atoms. The Kier molecular flexibility index (Phi) is 37.2. The van der Waals surface area contributed by atoms with Crippen LogP contribution in [0.2, 0.25) is 0 Å². The van der Waals surface area contributed by atoms with Crippen molar-refractivity contribution in [2.75, 3.05) is 13.2 Å². The normalized spacial score (nSPS) is 13.6. The summed E-state index contributed by atoms with van der Waals surface area (Å²) >= 11 is 0. The number of nitrogens with one attached hydrogen (secondary N) is 1. The third-order valence-electron chi connectivity index (χ3n) is 13.2. The average Bonchev–Trinajstić information content (AvgIpc) is 3.36. The second-order valence-electron chi connectivity index (χ2n) is 19.1. The number of dihydropyridines is 1. The molecule has 388 valence electrons. The first-order valence-electron chi connectivity index (χ1n) is 27.4. The van der Waals surface area contributed by atoms with Crippen molar-refractivity contribution < 1.29 is 62.2 Å². The van der Waals surface area contributed by atoms with E-state index < -0.39 is 17.9 Å². The molecule has 9 heteroatoms. The van der Waals surface area contributed by atoms with Gasteiger partial charge in [0.05, 0.1) is 28.5 Å². The number of aromatic nitrogens is 2. The maximum atomic E-state index is 14.5. The van der Waals surface area contributed by atoms with Gasteiger partial charge in [-0.2, -0.15) is 9.13 Å². The van der Waals surface area contributed by atoms with Gasteiger partial charge >= 0.3 is 11.9 Å². The van der Waals surface area contributed by atoms with E-state index in [1.165, 1.54) is 154 Å². The van der Waals surface area contributed by atoms with Crippen molar-refractivity contribution in [1.29, 1.82) is 0 Å². The zero-order valence-corrected chi connectivity index (χ0v) is 46.6. The van der Waals surface area contributed by atoms with Crippen LogP contribution in [-0.2, 0) is 32.2 Å². The summed E-state index contributed by atoms with van der Waals surface area (Å²) in [7, 11) is 0. The Morgan fingerprint density at radius 2 is 0.757 bits per heavy atom. The average molecular weight is 1090 g/mol. The van der Waals surface area contributed by atoms with Crippen molar-refractivity contribution in [3.63, 3.8) is 0 Å². The highest BCUT2D eigenvalue weighted by Crippen LogP contribution is 2.40. The highest BCUT2D eigenvalue weighted by Gasteiger charge is 2.41. The number of rotatable bonds is 39. The standard InChI is InChI=1S/C61H90N3O4.2BrH/c1-3-5-7-9-11-13-15-17-19-21-23-25-27-29-31-42-50-67-60(65)58-55(52-63-46-38-34-39-47-63)62-56(53-64-48-40-35-41-49-64)59(57(58)54-44-36-33-37-45-54)61(66)68-51-43-32-30-28-26-24-22-20-18-16-14-12-10-8-6-4-2;;/h31-49,57H,3-30,50-53H2,1-2H3;2*1H/q+1;;/p-1. The van der Waals surface area contributed by atoms with Gasteiger partial charge in [0.25, 0.3) is 0 Å². The minimum Gasteiger partial charge on any atom is -1.00 e. The minimum absolute atomic E-state index is 0. The van der Waals surface area contributed by atoms with Gasteiger partial charge in [-0.15, -0.1) is 0 Å². The molecule has 1 aromatic carbocycles. The molecule has 1 N–H and O–H groups in total. The molecule has 0 atom stereocenters. The first kappa shape index (κ1) is 62.3. The molecule has 3 aromatic rings. The SMILES string of the molecule is CCCCCCCCCCCCCCCC=CCOC(=O)C1=C(C[n+]2ccccc2)NC(C[n+]2ccccc2)=C(C(=O)OCC=CCCCCCCCCCCCCCCC)C1c1ccccc1.[Br-].[Br-]. The predicted molar refractivity (Wildman–Crippen MR) is 280 cm³/mol. The minimum atomic E-state index is -0.708. The van der Waals surface area contributed by atoms with Gasteiger partial charge in [-0.1, -0.05) is 235 Å². The maximum absolute atomic E-state index is 14.5. The molecule has 0 fully saturated rings. The number of carbonyl (C=O) groups is 2. The van der Waals surface area contributed by atoms with E-state index in [4.69, 9.17) is 9.47 Å². The third kappa shape index (κ3) is 26.6. The highest BCUT2D eigenvalue weighted by atomic mass is 79.9. The van der Waals surface area contributed by atoms with E-state index in [-0.39, 0.29) is 47.2 Å². The summed E-state index contributed by atoms with van der Waals surface area (Å²) < 4.78 is 16.2. The summed E-state index contributed by atoms with van der Waals surface area (Å²) in [5.74, 6) is -1.60. The second-order valence-corrected chi connectivity index (χ2v) is 19.1. The van der Waals surface area contributed by atoms with Gasteiger partial charge in [-0.25, -0.2) is 9.59 Å². The number of allylic oxidation sites excluding steroid dienone is 4. The summed E-state index contributed by atoms with van der Waals surface area (Å²) in [6.07, 6.45) is 52.8. The Morgan fingerprint density at radius 1 is 0.443 bits per heavy atom. The van der Waals surface area contributed by atoms with Crippen LogP contribution in [0.15, 0.2) is 138 Å². The quantitative estimate of drug-likeness (QED) is 0.0268. The fourth-order valence-corrected chi connectivity index (χ4v) is 9.30. The molecule has 7 nitrogen and oxygen atoms in total. The van der Waals surface area contributed by atoms with Crippen molar-refractivity contribution in [2.45, 2.75) is 213 Å². The van der Waals surface area contributed by atoms with Crippen LogP contribution in [0, 0.1) is 0 Å². The number of ether oxygens (including phenoxy) is 2. The molecular weight excluding hydrogens is 998 g/mol. The van der Waals surface area contributed by atoms with Crippen LogP contribution in [-0.4, -0.2) is 25.2 Å². The summed E-state index contributed by atoms with van der Waals surface area (Å²) in [6, 6.07) is 21.7. The van der Waals surface area contributed by atoms with E-state index in [0.29, 0.717) is 35.6 Å². The van der Waals surface area contributed by atoms with Gasteiger partial charge in [0.2, 0.25) is 0 Å². The van der Waals surface area contributed by atoms with Crippen molar-refractivity contribution in [2.24, 2.45) is 0 Å². The first-order valence-corrected chi connectivity index (χ1v) is 27.4. The van der Waals surface area contributed by atoms with Crippen LogP contribution >= 0.6 is 0 Å². The molecule has 0 bridgehead atoms. The number of esters is 2. The van der Waals surface area contributed by atoms with Crippen LogP contribution in [0.5, 0.6) is 0 Å². The van der Waals surface area contributed by atoms with Crippen molar-refractivity contribution >= 4 is 11.9 Å². The Labute approximate surface area is 446 Å². The molecular formula is C61H91Br2N3O4. The lowest BCUT2D eigenvalue weighted by Crippen LogP contribution is -3.00. The molecule has 4 rings (SSSR count). The lowest BCUT2D eigenvalue weighted by Gasteiger charge is -2.30. The van der Waals surface area contributed by atoms with Crippen LogP contribution in [0.1, 0.15) is 205 Å². The Bertz CT molecular complexity index is 1780. The smallest absolute Gasteiger partial charge is 0.337 e. The molecule has 2 aromatic heterocycles. The van der Waals surface area contributed by atoms with Crippen LogP contribution < -0.4 is 48.4 Å². The van der Waals surface area contributed by atoms with Crippen LogP contribution in [0.3, 0.4) is 0 Å². The number of halogens is 2. The second kappa shape index (κ2) is 41.8. The molecule has 1 aliphatic rings. The molecule has 3 heterocycles. The number of hydrogen-bond donors (Lipinski definition) is 1. The molecule has 0 saturated carbocycles. The first-order chi connectivity index (χ1) is 33.6. The fourth-order valence-electron chi connectivity index (χ4n) is 9.30. The fraction of sp³-hybridized carbons (Fsp3) is 0.574. The molecule has 0 amide bonds. The van der Waals surface area contributed by atoms with Gasteiger partial charge < -0.3 is 48.8 Å². The summed E-state index contributed by atoms with van der Waals surface area (Å²) in [5.41, 5.74) is 3.05. The van der Waals surface area contributed by atoms with Gasteiger partial charge in [-0.3, -0.25) is 0 Å². The Hall–Kier alpha value is -3.82. The molecule has 0 spiro atoms. The van der Waals surface area contributed by atoms with Gasteiger partial charge in [0.15, 0.2) is 37.9 Å². The summed E-state index contributed by atoms with van der Waals surface area (Å²) in [4.78, 5) is 29.1. The zero-order valence-electron chi connectivity index (χ0n) is 43.5. The van der Waals surface area contributed by atoms with Crippen molar-refractivity contribution in [3.05, 3.63) is 144 Å². The highest BCUT2D eigenvalue weighted by molar-refractivity contribution is 6.00. The Balaban J connectivity index is 0.00000840. The van der Waals surface area contributed by atoms with E-state index >= 15 is 0 Å². The number of unbranched alkanes of at least 4 members (excludes halogenated alkanes) is 26. The topological polar surface area (TPSA) is 72.4 Å². The largest absolute Gasteiger partial charge is 1.00 e. The van der Waals surface area contributed by atoms with Crippen molar-refractivity contribution in [1.82, 2.24) is 5.32 Å². The summed E-state index contributed by atoms with van der Waals surface area (Å²) in [6.45, 7) is 5.65.